The van der Waals surface area contributed by atoms with Crippen molar-refractivity contribution in [1.82, 2.24) is 0 Å². The normalized spacial score (nSPS) is 14.1. The SMILES string of the molecule is CCC(Sc1ccccc1Br)C(N)c1ccccc1. The summed E-state index contributed by atoms with van der Waals surface area (Å²) in [5, 5.41) is 0.376. The van der Waals surface area contributed by atoms with Crippen molar-refractivity contribution in [3.63, 3.8) is 0 Å². The summed E-state index contributed by atoms with van der Waals surface area (Å²) in [6.45, 7) is 2.19. The quantitative estimate of drug-likeness (QED) is 0.776. The number of nitrogens with two attached hydrogens (primary N) is 1. The molecule has 0 aromatic heterocycles. The summed E-state index contributed by atoms with van der Waals surface area (Å²) in [6, 6.07) is 18.7. The molecule has 0 heterocycles. The lowest BCUT2D eigenvalue weighted by Crippen LogP contribution is -2.23. The average Bonchev–Trinajstić information content (AvgIpc) is 2.47. The van der Waals surface area contributed by atoms with E-state index >= 15 is 0 Å². The average molecular weight is 336 g/mol. The van der Waals surface area contributed by atoms with Gasteiger partial charge in [0, 0.05) is 20.7 Å². The fraction of sp³-hybridized carbons (Fsp3) is 0.250. The Morgan fingerprint density at radius 3 is 2.32 bits per heavy atom. The number of hydrogen-bond donors (Lipinski definition) is 1. The van der Waals surface area contributed by atoms with Crippen LogP contribution in [0.1, 0.15) is 24.9 Å². The highest BCUT2D eigenvalue weighted by atomic mass is 79.9. The Morgan fingerprint density at radius 1 is 1.05 bits per heavy atom. The standard InChI is InChI=1S/C16H18BrNS/c1-2-14(16(18)12-8-4-3-5-9-12)19-15-11-7-6-10-13(15)17/h3-11,14,16H,2,18H2,1H3. The van der Waals surface area contributed by atoms with Gasteiger partial charge in [-0.1, -0.05) is 49.4 Å². The molecule has 0 amide bonds. The molecule has 2 N–H and O–H groups in total. The Balaban J connectivity index is 2.15. The number of halogens is 1. The lowest BCUT2D eigenvalue weighted by Gasteiger charge is -2.23. The molecule has 0 fully saturated rings. The van der Waals surface area contributed by atoms with Crippen molar-refractivity contribution < 1.29 is 0 Å². The highest BCUT2D eigenvalue weighted by Gasteiger charge is 2.19. The first kappa shape index (κ1) is 14.6. The molecule has 3 heteroatoms. The minimum atomic E-state index is 0.0586. The van der Waals surface area contributed by atoms with E-state index in [0.717, 1.165) is 10.9 Å². The molecule has 1 nitrogen and oxygen atoms in total. The molecule has 2 rings (SSSR count). The molecule has 0 aliphatic rings. The van der Waals surface area contributed by atoms with Crippen LogP contribution in [-0.2, 0) is 0 Å². The zero-order chi connectivity index (χ0) is 13.7. The third-order valence-electron chi connectivity index (χ3n) is 3.10. The monoisotopic (exact) mass is 335 g/mol. The summed E-state index contributed by atoms with van der Waals surface area (Å²) in [6.07, 6.45) is 1.04. The zero-order valence-electron chi connectivity index (χ0n) is 10.9. The van der Waals surface area contributed by atoms with Crippen LogP contribution in [0, 0.1) is 0 Å². The number of hydrogen-bond acceptors (Lipinski definition) is 2. The van der Waals surface area contributed by atoms with E-state index in [1.54, 1.807) is 0 Å². The van der Waals surface area contributed by atoms with E-state index in [1.165, 1.54) is 10.5 Å². The van der Waals surface area contributed by atoms with Gasteiger partial charge in [-0.3, -0.25) is 0 Å². The molecule has 0 spiro atoms. The smallest absolute Gasteiger partial charge is 0.0418 e. The molecule has 0 saturated heterocycles. The van der Waals surface area contributed by atoms with Crippen LogP contribution in [0.3, 0.4) is 0 Å². The van der Waals surface area contributed by atoms with E-state index in [1.807, 2.05) is 36.0 Å². The van der Waals surface area contributed by atoms with E-state index in [2.05, 4.69) is 53.2 Å². The van der Waals surface area contributed by atoms with Gasteiger partial charge in [-0.15, -0.1) is 11.8 Å². The van der Waals surface area contributed by atoms with Crippen molar-refractivity contribution in [2.75, 3.05) is 0 Å². The van der Waals surface area contributed by atoms with Crippen LogP contribution in [-0.4, -0.2) is 5.25 Å². The van der Waals surface area contributed by atoms with Crippen molar-refractivity contribution in [2.24, 2.45) is 5.73 Å². The Kier molecular flexibility index (Phi) is 5.49. The molecule has 0 aliphatic carbocycles. The van der Waals surface area contributed by atoms with E-state index in [-0.39, 0.29) is 6.04 Å². The molecule has 19 heavy (non-hydrogen) atoms. The van der Waals surface area contributed by atoms with Crippen LogP contribution in [0.2, 0.25) is 0 Å². The third-order valence-corrected chi connectivity index (χ3v) is 5.60. The van der Waals surface area contributed by atoms with E-state index in [0.29, 0.717) is 5.25 Å². The predicted molar refractivity (Wildman–Crippen MR) is 87.4 cm³/mol. The Morgan fingerprint density at radius 2 is 1.68 bits per heavy atom. The fourth-order valence-electron chi connectivity index (χ4n) is 2.00. The highest BCUT2D eigenvalue weighted by molar-refractivity contribution is 9.10. The minimum Gasteiger partial charge on any atom is -0.323 e. The minimum absolute atomic E-state index is 0.0586. The first-order valence-electron chi connectivity index (χ1n) is 6.44. The van der Waals surface area contributed by atoms with Gasteiger partial charge in [-0.05, 0) is 40.0 Å². The first-order chi connectivity index (χ1) is 9.22. The van der Waals surface area contributed by atoms with Crippen molar-refractivity contribution in [3.05, 3.63) is 64.6 Å². The van der Waals surface area contributed by atoms with Gasteiger partial charge in [0.25, 0.3) is 0 Å². The maximum Gasteiger partial charge on any atom is 0.0418 e. The van der Waals surface area contributed by atoms with Gasteiger partial charge >= 0.3 is 0 Å². The second-order valence-corrected chi connectivity index (χ2v) is 6.57. The summed E-state index contributed by atoms with van der Waals surface area (Å²) in [4.78, 5) is 1.25. The second-order valence-electron chi connectivity index (χ2n) is 4.43. The maximum atomic E-state index is 6.41. The van der Waals surface area contributed by atoms with Crippen LogP contribution in [0.5, 0.6) is 0 Å². The Hall–Kier alpha value is -0.770. The summed E-state index contributed by atoms with van der Waals surface area (Å²) < 4.78 is 1.14. The molecular formula is C16H18BrNS. The van der Waals surface area contributed by atoms with Crippen molar-refractivity contribution >= 4 is 27.7 Å². The van der Waals surface area contributed by atoms with Gasteiger partial charge in [0.2, 0.25) is 0 Å². The van der Waals surface area contributed by atoms with Gasteiger partial charge in [0.15, 0.2) is 0 Å². The summed E-state index contributed by atoms with van der Waals surface area (Å²) in [5.41, 5.74) is 7.61. The van der Waals surface area contributed by atoms with Gasteiger partial charge in [-0.2, -0.15) is 0 Å². The number of benzene rings is 2. The molecule has 2 unspecified atom stereocenters. The Bertz CT molecular complexity index is 515. The van der Waals surface area contributed by atoms with Crippen LogP contribution < -0.4 is 5.73 Å². The van der Waals surface area contributed by atoms with Crippen molar-refractivity contribution in [2.45, 2.75) is 29.5 Å². The lowest BCUT2D eigenvalue weighted by atomic mass is 10.0. The topological polar surface area (TPSA) is 26.0 Å². The summed E-state index contributed by atoms with van der Waals surface area (Å²) >= 11 is 5.44. The number of thioether (sulfide) groups is 1. The largest absolute Gasteiger partial charge is 0.323 e. The van der Waals surface area contributed by atoms with Gasteiger partial charge in [-0.25, -0.2) is 0 Å². The van der Waals surface area contributed by atoms with Crippen molar-refractivity contribution in [3.8, 4) is 0 Å². The van der Waals surface area contributed by atoms with Crippen molar-refractivity contribution in [1.29, 1.82) is 0 Å². The molecule has 2 atom stereocenters. The van der Waals surface area contributed by atoms with Gasteiger partial charge in [0.05, 0.1) is 0 Å². The van der Waals surface area contributed by atoms with E-state index in [9.17, 15) is 0 Å². The molecule has 0 saturated carbocycles. The van der Waals surface area contributed by atoms with Gasteiger partial charge in [0.1, 0.15) is 0 Å². The molecular weight excluding hydrogens is 318 g/mol. The van der Waals surface area contributed by atoms with Crippen LogP contribution in [0.4, 0.5) is 0 Å². The molecule has 0 aliphatic heterocycles. The van der Waals surface area contributed by atoms with Crippen LogP contribution in [0.15, 0.2) is 64.0 Å². The highest BCUT2D eigenvalue weighted by Crippen LogP contribution is 2.36. The molecule has 100 valence electrons. The summed E-state index contributed by atoms with van der Waals surface area (Å²) in [7, 11) is 0. The second kappa shape index (κ2) is 7.13. The predicted octanol–water partition coefficient (Wildman–Crippen LogP) is 5.02. The van der Waals surface area contributed by atoms with Gasteiger partial charge < -0.3 is 5.73 Å². The van der Waals surface area contributed by atoms with E-state index < -0.39 is 0 Å². The molecule has 0 bridgehead atoms. The molecule has 0 radical (unpaired) electrons. The Labute approximate surface area is 127 Å². The third kappa shape index (κ3) is 3.85. The summed E-state index contributed by atoms with van der Waals surface area (Å²) in [5.74, 6) is 0. The van der Waals surface area contributed by atoms with Crippen LogP contribution >= 0.6 is 27.7 Å². The van der Waals surface area contributed by atoms with Crippen LogP contribution in [0.25, 0.3) is 0 Å². The fourth-order valence-corrected chi connectivity index (χ4v) is 3.70. The number of rotatable bonds is 5. The zero-order valence-corrected chi connectivity index (χ0v) is 13.3. The van der Waals surface area contributed by atoms with E-state index in [4.69, 9.17) is 5.73 Å². The maximum absolute atomic E-state index is 6.41. The first-order valence-corrected chi connectivity index (χ1v) is 8.11. The lowest BCUT2D eigenvalue weighted by molar-refractivity contribution is 0.656. The molecule has 2 aromatic rings. The molecule has 2 aromatic carbocycles.